The normalized spacial score (nSPS) is 11.8. The van der Waals surface area contributed by atoms with Crippen LogP contribution in [0.15, 0.2) is 44.4 Å². The van der Waals surface area contributed by atoms with Gasteiger partial charge in [0.25, 0.3) is 10.0 Å². The molecule has 0 fully saturated rings. The summed E-state index contributed by atoms with van der Waals surface area (Å²) in [4.78, 5) is 0. The van der Waals surface area contributed by atoms with Crippen molar-refractivity contribution in [3.63, 3.8) is 0 Å². The lowest BCUT2D eigenvalue weighted by atomic mass is 10.2. The van der Waals surface area contributed by atoms with Gasteiger partial charge in [0.15, 0.2) is 0 Å². The zero-order valence-electron chi connectivity index (χ0n) is 11.0. The van der Waals surface area contributed by atoms with Crippen molar-refractivity contribution in [2.24, 2.45) is 0 Å². The Hall–Kier alpha value is -0.890. The fraction of sp³-hybridized carbons (Fsp3) is 0.231. The molecule has 1 aromatic carbocycles. The first-order chi connectivity index (χ1) is 9.46. The van der Waals surface area contributed by atoms with Crippen LogP contribution in [0.3, 0.4) is 0 Å². The first-order valence-corrected chi connectivity index (χ1v) is 8.89. The molecular weight excluding hydrogens is 362 g/mol. The number of sulfonamides is 1. The van der Waals surface area contributed by atoms with Crippen molar-refractivity contribution in [1.82, 2.24) is 4.31 Å². The van der Waals surface area contributed by atoms with E-state index in [1.54, 1.807) is 25.6 Å². The molecule has 7 heteroatoms. The summed E-state index contributed by atoms with van der Waals surface area (Å²) in [6.45, 7) is 0.261. The van der Waals surface area contributed by atoms with E-state index in [1.165, 1.54) is 15.6 Å². The van der Waals surface area contributed by atoms with Crippen LogP contribution in [0, 0.1) is 0 Å². The van der Waals surface area contributed by atoms with E-state index in [1.807, 2.05) is 24.3 Å². The number of thiophene rings is 1. The Morgan fingerprint density at radius 3 is 2.60 bits per heavy atom. The molecule has 0 aliphatic heterocycles. The van der Waals surface area contributed by atoms with E-state index in [0.717, 1.165) is 5.56 Å². The zero-order chi connectivity index (χ0) is 14.8. The van der Waals surface area contributed by atoms with E-state index in [0.29, 0.717) is 14.4 Å². The second-order valence-electron chi connectivity index (χ2n) is 4.13. The Balaban J connectivity index is 2.28. The molecular formula is C13H14BrNO3S2. The summed E-state index contributed by atoms with van der Waals surface area (Å²) in [6.07, 6.45) is 0. The lowest BCUT2D eigenvalue weighted by Crippen LogP contribution is -2.26. The maximum atomic E-state index is 12.5. The topological polar surface area (TPSA) is 46.6 Å². The number of rotatable bonds is 5. The Bertz CT molecular complexity index is 697. The molecule has 2 rings (SSSR count). The highest BCUT2D eigenvalue weighted by molar-refractivity contribution is 9.10. The van der Waals surface area contributed by atoms with Gasteiger partial charge in [-0.2, -0.15) is 4.31 Å². The standard InChI is InChI=1S/C13H14BrNO3S2/c1-15(9-10-5-3-4-6-12(10)18-2)20(16,17)13-11(14)7-8-19-13/h3-8H,9H2,1-2H3. The van der Waals surface area contributed by atoms with Crippen LogP contribution in [0.1, 0.15) is 5.56 Å². The molecule has 0 amide bonds. The second-order valence-corrected chi connectivity index (χ2v) is 8.14. The van der Waals surface area contributed by atoms with Crippen LogP contribution in [0.25, 0.3) is 0 Å². The summed E-state index contributed by atoms with van der Waals surface area (Å²) < 4.78 is 32.4. The van der Waals surface area contributed by atoms with E-state index < -0.39 is 10.0 Å². The van der Waals surface area contributed by atoms with Gasteiger partial charge in [0.05, 0.1) is 7.11 Å². The van der Waals surface area contributed by atoms with Gasteiger partial charge < -0.3 is 4.74 Å². The van der Waals surface area contributed by atoms with Crippen LogP contribution in [0.4, 0.5) is 0 Å². The van der Waals surface area contributed by atoms with Crippen molar-refractivity contribution in [2.75, 3.05) is 14.2 Å². The number of nitrogens with zero attached hydrogens (tertiary/aromatic N) is 1. The highest BCUT2D eigenvalue weighted by Gasteiger charge is 2.25. The molecule has 0 radical (unpaired) electrons. The average Bonchev–Trinajstić information content (AvgIpc) is 2.86. The molecule has 1 aromatic heterocycles. The number of hydrogen-bond donors (Lipinski definition) is 0. The monoisotopic (exact) mass is 375 g/mol. The molecule has 1 heterocycles. The molecule has 4 nitrogen and oxygen atoms in total. The van der Waals surface area contributed by atoms with E-state index >= 15 is 0 Å². The van der Waals surface area contributed by atoms with Crippen LogP contribution in [0.5, 0.6) is 5.75 Å². The number of hydrogen-bond acceptors (Lipinski definition) is 4. The first-order valence-electron chi connectivity index (χ1n) is 5.78. The molecule has 2 aromatic rings. The van der Waals surface area contributed by atoms with E-state index in [2.05, 4.69) is 15.9 Å². The molecule has 0 aliphatic carbocycles. The molecule has 0 saturated heterocycles. The van der Waals surface area contributed by atoms with Gasteiger partial charge in [-0.1, -0.05) is 18.2 Å². The quantitative estimate of drug-likeness (QED) is 0.804. The minimum absolute atomic E-state index is 0.261. The van der Waals surface area contributed by atoms with Gasteiger partial charge in [0.2, 0.25) is 0 Å². The number of ether oxygens (including phenoxy) is 1. The Kier molecular flexibility index (Phi) is 4.85. The Morgan fingerprint density at radius 2 is 2.00 bits per heavy atom. The van der Waals surface area contributed by atoms with E-state index in [-0.39, 0.29) is 6.54 Å². The van der Waals surface area contributed by atoms with Gasteiger partial charge in [-0.3, -0.25) is 0 Å². The molecule has 0 bridgehead atoms. The highest BCUT2D eigenvalue weighted by Crippen LogP contribution is 2.31. The van der Waals surface area contributed by atoms with Gasteiger partial charge in [-0.15, -0.1) is 11.3 Å². The summed E-state index contributed by atoms with van der Waals surface area (Å²) in [5.74, 6) is 0.680. The third kappa shape index (κ3) is 3.06. The van der Waals surface area contributed by atoms with Crippen LogP contribution in [-0.2, 0) is 16.6 Å². The Labute approximate surface area is 131 Å². The molecule has 0 unspecified atom stereocenters. The third-order valence-corrected chi connectivity index (χ3v) is 7.27. The van der Waals surface area contributed by atoms with Crippen LogP contribution < -0.4 is 4.74 Å². The van der Waals surface area contributed by atoms with Gasteiger partial charge in [-0.25, -0.2) is 8.42 Å². The van der Waals surface area contributed by atoms with Gasteiger partial charge in [0.1, 0.15) is 9.96 Å². The van der Waals surface area contributed by atoms with Crippen molar-refractivity contribution in [2.45, 2.75) is 10.8 Å². The minimum Gasteiger partial charge on any atom is -0.496 e. The first kappa shape index (κ1) is 15.5. The maximum absolute atomic E-state index is 12.5. The number of benzene rings is 1. The molecule has 0 N–H and O–H groups in total. The van der Waals surface area contributed by atoms with Gasteiger partial charge >= 0.3 is 0 Å². The van der Waals surface area contributed by atoms with Gasteiger partial charge in [0, 0.05) is 23.6 Å². The van der Waals surface area contributed by atoms with Crippen molar-refractivity contribution in [3.05, 3.63) is 45.7 Å². The third-order valence-electron chi connectivity index (χ3n) is 2.81. The zero-order valence-corrected chi connectivity index (χ0v) is 14.3. The maximum Gasteiger partial charge on any atom is 0.253 e. The van der Waals surface area contributed by atoms with Crippen molar-refractivity contribution < 1.29 is 13.2 Å². The molecule has 108 valence electrons. The largest absolute Gasteiger partial charge is 0.496 e. The fourth-order valence-corrected chi connectivity index (χ4v) is 5.41. The number of para-hydroxylation sites is 1. The number of halogens is 1. The van der Waals surface area contributed by atoms with Crippen molar-refractivity contribution >= 4 is 37.3 Å². The molecule has 0 atom stereocenters. The highest BCUT2D eigenvalue weighted by atomic mass is 79.9. The lowest BCUT2D eigenvalue weighted by Gasteiger charge is -2.18. The lowest BCUT2D eigenvalue weighted by molar-refractivity contribution is 0.398. The average molecular weight is 376 g/mol. The van der Waals surface area contributed by atoms with Crippen LogP contribution in [0.2, 0.25) is 0 Å². The summed E-state index contributed by atoms with van der Waals surface area (Å²) >= 11 is 4.46. The van der Waals surface area contributed by atoms with Crippen molar-refractivity contribution in [3.8, 4) is 5.75 Å². The van der Waals surface area contributed by atoms with Gasteiger partial charge in [-0.05, 0) is 33.4 Å². The van der Waals surface area contributed by atoms with E-state index in [4.69, 9.17) is 4.74 Å². The fourth-order valence-electron chi connectivity index (χ4n) is 1.76. The smallest absolute Gasteiger partial charge is 0.253 e. The summed E-state index contributed by atoms with van der Waals surface area (Å²) in [6, 6.07) is 9.12. The second kappa shape index (κ2) is 6.26. The molecule has 20 heavy (non-hydrogen) atoms. The summed E-state index contributed by atoms with van der Waals surface area (Å²) in [5, 5.41) is 1.74. The SMILES string of the molecule is COc1ccccc1CN(C)S(=O)(=O)c1sccc1Br. The van der Waals surface area contributed by atoms with Crippen LogP contribution >= 0.6 is 27.3 Å². The summed E-state index contributed by atoms with van der Waals surface area (Å²) in [7, 11) is -0.364. The molecule has 0 saturated carbocycles. The van der Waals surface area contributed by atoms with E-state index in [9.17, 15) is 8.42 Å². The van der Waals surface area contributed by atoms with Crippen LogP contribution in [-0.4, -0.2) is 26.9 Å². The molecule has 0 spiro atoms. The summed E-state index contributed by atoms with van der Waals surface area (Å²) in [5.41, 5.74) is 0.828. The minimum atomic E-state index is -3.50. The predicted molar refractivity (Wildman–Crippen MR) is 83.7 cm³/mol. The number of methoxy groups -OCH3 is 1. The predicted octanol–water partition coefficient (Wildman–Crippen LogP) is 3.34. The van der Waals surface area contributed by atoms with Crippen molar-refractivity contribution in [1.29, 1.82) is 0 Å². The Morgan fingerprint density at radius 1 is 1.30 bits per heavy atom. The molecule has 0 aliphatic rings.